The van der Waals surface area contributed by atoms with E-state index in [1.165, 1.54) is 30.0 Å². The van der Waals surface area contributed by atoms with Crippen molar-refractivity contribution in [2.24, 2.45) is 0 Å². The van der Waals surface area contributed by atoms with E-state index in [4.69, 9.17) is 4.98 Å². The van der Waals surface area contributed by atoms with E-state index < -0.39 is 0 Å². The lowest BCUT2D eigenvalue weighted by Crippen LogP contribution is -2.29. The summed E-state index contributed by atoms with van der Waals surface area (Å²) >= 11 is 3.96. The Morgan fingerprint density at radius 1 is 1.37 bits per heavy atom. The lowest BCUT2D eigenvalue weighted by Gasteiger charge is -2.22. The molecule has 0 amide bonds. The van der Waals surface area contributed by atoms with Gasteiger partial charge in [-0.15, -0.1) is 11.3 Å². The molecule has 0 radical (unpaired) electrons. The molecule has 1 aliphatic carbocycles. The lowest BCUT2D eigenvalue weighted by atomic mass is 9.91. The van der Waals surface area contributed by atoms with Gasteiger partial charge in [-0.25, -0.2) is 4.98 Å². The smallest absolute Gasteiger partial charge is 0.103 e. The number of thioether (sulfide) groups is 1. The molecule has 1 N–H and O–H groups in total. The molecule has 0 spiro atoms. The number of thiazole rings is 1. The molecule has 0 aliphatic heterocycles. The summed E-state index contributed by atoms with van der Waals surface area (Å²) in [4.78, 5) is 6.50. The zero-order valence-corrected chi connectivity index (χ0v) is 14.2. The molecule has 4 heteroatoms. The molecular weight excluding hydrogens is 272 g/mol. The molecule has 1 aromatic rings. The Morgan fingerprint density at radius 2 is 2.16 bits per heavy atom. The van der Waals surface area contributed by atoms with Gasteiger partial charge >= 0.3 is 0 Å². The normalized spacial score (nSPS) is 19.2. The molecule has 1 aromatic heterocycles. The lowest BCUT2D eigenvalue weighted by molar-refractivity contribution is 0.474. The number of hydrogen-bond acceptors (Lipinski definition) is 4. The second-order valence-corrected chi connectivity index (χ2v) is 8.66. The van der Waals surface area contributed by atoms with Crippen LogP contribution < -0.4 is 5.32 Å². The Balaban J connectivity index is 2.01. The highest BCUT2D eigenvalue weighted by molar-refractivity contribution is 7.99. The second-order valence-electron chi connectivity index (χ2n) is 5.93. The van der Waals surface area contributed by atoms with Gasteiger partial charge in [0, 0.05) is 29.1 Å². The van der Waals surface area contributed by atoms with Crippen molar-refractivity contribution in [3.63, 3.8) is 0 Å². The fourth-order valence-corrected chi connectivity index (χ4v) is 4.41. The van der Waals surface area contributed by atoms with Crippen molar-refractivity contribution in [1.29, 1.82) is 0 Å². The van der Waals surface area contributed by atoms with Gasteiger partial charge in [-0.05, 0) is 24.5 Å². The van der Waals surface area contributed by atoms with Gasteiger partial charge in [0.2, 0.25) is 0 Å². The Bertz CT molecular complexity index is 399. The van der Waals surface area contributed by atoms with Crippen LogP contribution in [-0.4, -0.2) is 22.8 Å². The van der Waals surface area contributed by atoms with Crippen LogP contribution in [0.25, 0.3) is 0 Å². The van der Waals surface area contributed by atoms with Gasteiger partial charge in [-0.1, -0.05) is 27.7 Å². The van der Waals surface area contributed by atoms with Crippen LogP contribution in [0.4, 0.5) is 0 Å². The summed E-state index contributed by atoms with van der Waals surface area (Å²) in [5.74, 6) is 1.72. The highest BCUT2D eigenvalue weighted by Gasteiger charge is 2.24. The number of aromatic nitrogens is 1. The molecule has 2 rings (SSSR count). The van der Waals surface area contributed by atoms with E-state index in [2.05, 4.69) is 33.0 Å². The van der Waals surface area contributed by atoms with Crippen LogP contribution in [0.15, 0.2) is 0 Å². The average molecular weight is 299 g/mol. The van der Waals surface area contributed by atoms with E-state index in [1.807, 2.05) is 23.1 Å². The fourth-order valence-electron chi connectivity index (χ4n) is 2.43. The number of hydrogen-bond donors (Lipinski definition) is 1. The highest BCUT2D eigenvalue weighted by Crippen LogP contribution is 2.35. The summed E-state index contributed by atoms with van der Waals surface area (Å²) in [5.41, 5.74) is 1.41. The summed E-state index contributed by atoms with van der Waals surface area (Å²) in [5, 5.41) is 5.60. The number of nitrogens with zero attached hydrogens (tertiary/aromatic N) is 1. The van der Waals surface area contributed by atoms with Gasteiger partial charge in [-0.2, -0.15) is 11.8 Å². The third-order valence-corrected chi connectivity index (χ3v) is 5.85. The molecule has 0 fully saturated rings. The first-order chi connectivity index (χ1) is 9.06. The summed E-state index contributed by atoms with van der Waals surface area (Å²) < 4.78 is 0. The van der Waals surface area contributed by atoms with Crippen molar-refractivity contribution in [3.05, 3.63) is 15.6 Å². The van der Waals surface area contributed by atoms with Crippen molar-refractivity contribution in [1.82, 2.24) is 10.3 Å². The third kappa shape index (κ3) is 4.47. The molecule has 19 heavy (non-hydrogen) atoms. The molecule has 1 atom stereocenters. The Kier molecular flexibility index (Phi) is 5.72. The molecule has 1 heterocycles. The predicted octanol–water partition coefficient (Wildman–Crippen LogP) is 4.20. The number of rotatable bonds is 6. The maximum absolute atomic E-state index is 4.94. The maximum atomic E-state index is 4.94. The number of nitrogens with one attached hydrogen (secondary N) is 1. The Morgan fingerprint density at radius 3 is 2.84 bits per heavy atom. The van der Waals surface area contributed by atoms with Crippen LogP contribution in [0, 0.1) is 0 Å². The monoisotopic (exact) mass is 298 g/mol. The van der Waals surface area contributed by atoms with Crippen LogP contribution in [0.3, 0.4) is 0 Å². The van der Waals surface area contributed by atoms with Crippen molar-refractivity contribution < 1.29 is 0 Å². The van der Waals surface area contributed by atoms with Gasteiger partial charge < -0.3 is 5.32 Å². The first-order valence-electron chi connectivity index (χ1n) is 7.39. The fraction of sp³-hybridized carbons (Fsp3) is 0.800. The number of fused-ring (bicyclic) bond motifs is 1. The first-order valence-corrected chi connectivity index (χ1v) is 9.26. The molecule has 108 valence electrons. The van der Waals surface area contributed by atoms with Crippen molar-refractivity contribution in [3.8, 4) is 0 Å². The molecule has 0 saturated heterocycles. The van der Waals surface area contributed by atoms with Gasteiger partial charge in [0.1, 0.15) is 5.01 Å². The van der Waals surface area contributed by atoms with Gasteiger partial charge in [0.15, 0.2) is 0 Å². The van der Waals surface area contributed by atoms with Crippen LogP contribution in [0.5, 0.6) is 0 Å². The summed E-state index contributed by atoms with van der Waals surface area (Å²) in [6.07, 6.45) is 3.88. The minimum absolute atomic E-state index is 0.569. The first kappa shape index (κ1) is 15.3. The minimum Gasteiger partial charge on any atom is -0.314 e. The molecular formula is C15H26N2S2. The topological polar surface area (TPSA) is 24.9 Å². The van der Waals surface area contributed by atoms with Crippen molar-refractivity contribution >= 4 is 23.1 Å². The van der Waals surface area contributed by atoms with E-state index in [1.54, 1.807) is 4.88 Å². The molecule has 1 aliphatic rings. The zero-order chi connectivity index (χ0) is 13.8. The average Bonchev–Trinajstić information content (AvgIpc) is 2.77. The van der Waals surface area contributed by atoms with Crippen LogP contribution in [-0.2, 0) is 12.2 Å². The van der Waals surface area contributed by atoms with E-state index in [0.29, 0.717) is 17.2 Å². The second kappa shape index (κ2) is 7.09. The molecule has 2 nitrogen and oxygen atoms in total. The third-order valence-electron chi connectivity index (χ3n) is 3.43. The molecule has 1 unspecified atom stereocenters. The van der Waals surface area contributed by atoms with E-state index in [-0.39, 0.29) is 0 Å². The van der Waals surface area contributed by atoms with Gasteiger partial charge in [0.25, 0.3) is 0 Å². The van der Waals surface area contributed by atoms with E-state index in [0.717, 1.165) is 12.3 Å². The standard InChI is InChI=1S/C15H26N2S2/c1-10(2)16-8-12-6-5-7-13-15(12)17-14(19-13)9-18-11(3)4/h10-12,16H,5-9H2,1-4H3. The molecule has 0 bridgehead atoms. The Hall–Kier alpha value is -0.0600. The quantitative estimate of drug-likeness (QED) is 0.852. The van der Waals surface area contributed by atoms with E-state index >= 15 is 0 Å². The van der Waals surface area contributed by atoms with Crippen molar-refractivity contribution in [2.45, 2.75) is 69.9 Å². The van der Waals surface area contributed by atoms with Crippen LogP contribution in [0.2, 0.25) is 0 Å². The van der Waals surface area contributed by atoms with Crippen LogP contribution >= 0.6 is 23.1 Å². The Labute approximate surface area is 125 Å². The SMILES string of the molecule is CC(C)NCC1CCCc2sc(CSC(C)C)nc21. The zero-order valence-electron chi connectivity index (χ0n) is 12.5. The van der Waals surface area contributed by atoms with Crippen molar-refractivity contribution in [2.75, 3.05) is 6.54 Å². The van der Waals surface area contributed by atoms with Crippen LogP contribution in [0.1, 0.15) is 62.0 Å². The highest BCUT2D eigenvalue weighted by atomic mass is 32.2. The summed E-state index contributed by atoms with van der Waals surface area (Å²) in [6.45, 7) is 10.0. The van der Waals surface area contributed by atoms with Gasteiger partial charge in [0.05, 0.1) is 5.69 Å². The van der Waals surface area contributed by atoms with E-state index in [9.17, 15) is 0 Å². The minimum atomic E-state index is 0.569. The molecule has 0 saturated carbocycles. The number of aryl methyl sites for hydroxylation is 1. The molecule has 0 aromatic carbocycles. The van der Waals surface area contributed by atoms with Gasteiger partial charge in [-0.3, -0.25) is 0 Å². The summed E-state index contributed by atoms with van der Waals surface area (Å²) in [6, 6.07) is 0.569. The predicted molar refractivity (Wildman–Crippen MR) is 87.4 cm³/mol. The maximum Gasteiger partial charge on any atom is 0.103 e. The summed E-state index contributed by atoms with van der Waals surface area (Å²) in [7, 11) is 0. The largest absolute Gasteiger partial charge is 0.314 e.